The van der Waals surface area contributed by atoms with Gasteiger partial charge in [0.2, 0.25) is 0 Å². The third-order valence-corrected chi connectivity index (χ3v) is 3.04. The molecule has 0 aliphatic heterocycles. The summed E-state index contributed by atoms with van der Waals surface area (Å²) in [4.78, 5) is 0. The minimum atomic E-state index is -2.81. The molecule has 1 aromatic rings. The van der Waals surface area contributed by atoms with Crippen LogP contribution in [0.5, 0.6) is 5.75 Å². The zero-order valence-corrected chi connectivity index (χ0v) is 9.25. The molecule has 0 spiro atoms. The van der Waals surface area contributed by atoms with E-state index < -0.39 is 6.61 Å². The molecule has 0 saturated heterocycles. The van der Waals surface area contributed by atoms with Crippen LogP contribution in [0.2, 0.25) is 5.02 Å². The van der Waals surface area contributed by atoms with E-state index in [-0.39, 0.29) is 17.7 Å². The summed E-state index contributed by atoms with van der Waals surface area (Å²) in [5.41, 5.74) is 6.40. The fraction of sp³-hybridized carbons (Fsp3) is 0.455. The molecular formula is C11H12ClF2NO. The smallest absolute Gasteiger partial charge is 0.387 e. The van der Waals surface area contributed by atoms with Gasteiger partial charge in [-0.3, -0.25) is 0 Å². The summed E-state index contributed by atoms with van der Waals surface area (Å²) in [5, 5.41) is 0.525. The predicted molar refractivity (Wildman–Crippen MR) is 58.0 cm³/mol. The van der Waals surface area contributed by atoms with Crippen LogP contribution in [0.1, 0.15) is 24.3 Å². The van der Waals surface area contributed by atoms with Gasteiger partial charge < -0.3 is 10.5 Å². The van der Waals surface area contributed by atoms with E-state index in [2.05, 4.69) is 4.74 Å². The molecule has 1 aliphatic carbocycles. The molecule has 0 amide bonds. The summed E-state index contributed by atoms with van der Waals surface area (Å²) in [6.07, 6.45) is 1.58. The average Bonchev–Trinajstić information content (AvgIpc) is 2.15. The molecule has 2 nitrogen and oxygen atoms in total. The fourth-order valence-corrected chi connectivity index (χ4v) is 2.14. The number of hydrogen-bond acceptors (Lipinski definition) is 2. The topological polar surface area (TPSA) is 35.2 Å². The molecule has 0 heterocycles. The van der Waals surface area contributed by atoms with Crippen molar-refractivity contribution in [3.8, 4) is 5.75 Å². The van der Waals surface area contributed by atoms with Gasteiger partial charge in [-0.2, -0.15) is 8.78 Å². The molecule has 1 fully saturated rings. The molecule has 0 bridgehead atoms. The van der Waals surface area contributed by atoms with E-state index >= 15 is 0 Å². The van der Waals surface area contributed by atoms with Crippen molar-refractivity contribution in [3.05, 3.63) is 28.8 Å². The quantitative estimate of drug-likeness (QED) is 0.891. The zero-order valence-electron chi connectivity index (χ0n) is 8.50. The Kier molecular flexibility index (Phi) is 3.30. The van der Waals surface area contributed by atoms with E-state index in [1.165, 1.54) is 6.07 Å². The summed E-state index contributed by atoms with van der Waals surface area (Å²) in [6.45, 7) is -2.81. The third kappa shape index (κ3) is 2.44. The first-order chi connectivity index (χ1) is 7.56. The van der Waals surface area contributed by atoms with Gasteiger partial charge in [0.05, 0.1) is 0 Å². The van der Waals surface area contributed by atoms with Gasteiger partial charge in [-0.05, 0) is 42.5 Å². The van der Waals surface area contributed by atoms with Crippen molar-refractivity contribution in [3.63, 3.8) is 0 Å². The second-order valence-corrected chi connectivity index (χ2v) is 4.43. The zero-order chi connectivity index (χ0) is 11.7. The van der Waals surface area contributed by atoms with E-state index in [1.54, 1.807) is 12.1 Å². The fourth-order valence-electron chi connectivity index (χ4n) is 1.96. The number of nitrogens with two attached hydrogens (primary N) is 1. The molecule has 1 saturated carbocycles. The summed E-state index contributed by atoms with van der Waals surface area (Å²) >= 11 is 5.84. The van der Waals surface area contributed by atoms with Crippen molar-refractivity contribution in [2.24, 2.45) is 5.73 Å². The normalized spacial score (nSPS) is 24.3. The Morgan fingerprint density at radius 3 is 2.62 bits per heavy atom. The highest BCUT2D eigenvalue weighted by atomic mass is 35.5. The van der Waals surface area contributed by atoms with Gasteiger partial charge in [0, 0.05) is 11.1 Å². The van der Waals surface area contributed by atoms with Gasteiger partial charge in [0.15, 0.2) is 0 Å². The van der Waals surface area contributed by atoms with Gasteiger partial charge in [-0.1, -0.05) is 11.6 Å². The lowest BCUT2D eigenvalue weighted by Gasteiger charge is -2.33. The largest absolute Gasteiger partial charge is 0.435 e. The van der Waals surface area contributed by atoms with Crippen LogP contribution in [0, 0.1) is 0 Å². The maximum Gasteiger partial charge on any atom is 0.387 e. The number of rotatable bonds is 3. The first-order valence-electron chi connectivity index (χ1n) is 5.06. The number of hydrogen-bond donors (Lipinski definition) is 1. The first kappa shape index (κ1) is 11.6. The second kappa shape index (κ2) is 4.55. The molecule has 1 aliphatic rings. The molecule has 0 aromatic heterocycles. The van der Waals surface area contributed by atoms with Crippen LogP contribution in [0.3, 0.4) is 0 Å². The van der Waals surface area contributed by atoms with Gasteiger partial charge in [0.1, 0.15) is 5.75 Å². The monoisotopic (exact) mass is 247 g/mol. The van der Waals surface area contributed by atoms with E-state index in [1.807, 2.05) is 0 Å². The number of benzene rings is 1. The van der Waals surface area contributed by atoms with Crippen LogP contribution in [0.15, 0.2) is 18.2 Å². The maximum absolute atomic E-state index is 12.2. The van der Waals surface area contributed by atoms with Gasteiger partial charge in [-0.15, -0.1) is 0 Å². The molecule has 0 atom stereocenters. The van der Waals surface area contributed by atoms with Crippen LogP contribution in [-0.4, -0.2) is 12.7 Å². The minimum Gasteiger partial charge on any atom is -0.435 e. The highest BCUT2D eigenvalue weighted by Gasteiger charge is 2.30. The van der Waals surface area contributed by atoms with Crippen molar-refractivity contribution in [2.75, 3.05) is 0 Å². The lowest BCUT2D eigenvalue weighted by atomic mass is 9.76. The van der Waals surface area contributed by atoms with E-state index in [0.717, 1.165) is 18.4 Å². The Hall–Kier alpha value is -0.870. The first-order valence-corrected chi connectivity index (χ1v) is 5.44. The standard InChI is InChI=1S/C11H12ClF2NO/c12-7-1-2-10(16-11(13)14)9(5-7)6-3-8(15)4-6/h1-2,5-6,8,11H,3-4,15H2. The van der Waals surface area contributed by atoms with Crippen LogP contribution in [0.4, 0.5) is 8.78 Å². The van der Waals surface area contributed by atoms with Crippen molar-refractivity contribution >= 4 is 11.6 Å². The lowest BCUT2D eigenvalue weighted by Crippen LogP contribution is -2.35. The van der Waals surface area contributed by atoms with Gasteiger partial charge in [-0.25, -0.2) is 0 Å². The lowest BCUT2D eigenvalue weighted by molar-refractivity contribution is -0.0508. The highest BCUT2D eigenvalue weighted by Crippen LogP contribution is 2.41. The molecule has 5 heteroatoms. The van der Waals surface area contributed by atoms with Crippen molar-refractivity contribution in [1.29, 1.82) is 0 Å². The molecular weight excluding hydrogens is 236 g/mol. The molecule has 2 rings (SSSR count). The van der Waals surface area contributed by atoms with Crippen LogP contribution >= 0.6 is 11.6 Å². The Morgan fingerprint density at radius 2 is 2.06 bits per heavy atom. The second-order valence-electron chi connectivity index (χ2n) is 3.99. The van der Waals surface area contributed by atoms with Crippen molar-refractivity contribution < 1.29 is 13.5 Å². The van der Waals surface area contributed by atoms with Gasteiger partial charge in [0.25, 0.3) is 0 Å². The highest BCUT2D eigenvalue weighted by molar-refractivity contribution is 6.30. The SMILES string of the molecule is NC1CC(c2cc(Cl)ccc2OC(F)F)C1. The minimum absolute atomic E-state index is 0.156. The molecule has 2 N–H and O–H groups in total. The molecule has 1 aromatic carbocycles. The third-order valence-electron chi connectivity index (χ3n) is 2.80. The van der Waals surface area contributed by atoms with Crippen molar-refractivity contribution in [1.82, 2.24) is 0 Å². The predicted octanol–water partition coefficient (Wildman–Crippen LogP) is 3.15. The van der Waals surface area contributed by atoms with E-state index in [0.29, 0.717) is 5.02 Å². The Labute approximate surface area is 97.3 Å². The van der Waals surface area contributed by atoms with Crippen molar-refractivity contribution in [2.45, 2.75) is 31.4 Å². The Bertz CT molecular complexity index is 380. The molecule has 0 unspecified atom stereocenters. The molecule has 0 radical (unpaired) electrons. The number of ether oxygens (including phenoxy) is 1. The molecule has 16 heavy (non-hydrogen) atoms. The number of alkyl halides is 2. The van der Waals surface area contributed by atoms with Crippen LogP contribution in [0.25, 0.3) is 0 Å². The Morgan fingerprint density at radius 1 is 1.38 bits per heavy atom. The summed E-state index contributed by atoms with van der Waals surface area (Å²) in [7, 11) is 0. The summed E-state index contributed by atoms with van der Waals surface area (Å²) in [6, 6.07) is 4.86. The summed E-state index contributed by atoms with van der Waals surface area (Å²) < 4.78 is 28.8. The maximum atomic E-state index is 12.2. The van der Waals surface area contributed by atoms with E-state index in [4.69, 9.17) is 17.3 Å². The van der Waals surface area contributed by atoms with Crippen LogP contribution in [-0.2, 0) is 0 Å². The van der Waals surface area contributed by atoms with Crippen LogP contribution < -0.4 is 10.5 Å². The molecule has 88 valence electrons. The number of halogens is 3. The average molecular weight is 248 g/mol. The summed E-state index contributed by atoms with van der Waals surface area (Å²) in [5.74, 6) is 0.388. The van der Waals surface area contributed by atoms with Gasteiger partial charge >= 0.3 is 6.61 Å². The Balaban J connectivity index is 2.22. The van der Waals surface area contributed by atoms with E-state index in [9.17, 15) is 8.78 Å².